The second-order valence-electron chi connectivity index (χ2n) is 4.02. The Labute approximate surface area is 122 Å². The molecule has 19 heavy (non-hydrogen) atoms. The number of aryl methyl sites for hydroxylation is 1. The van der Waals surface area contributed by atoms with Gasteiger partial charge in [0.25, 0.3) is 0 Å². The molecule has 1 heterocycles. The molecule has 0 atom stereocenters. The van der Waals surface area contributed by atoms with Gasteiger partial charge >= 0.3 is 0 Å². The van der Waals surface area contributed by atoms with Crippen molar-refractivity contribution in [3.05, 3.63) is 47.2 Å². The first-order chi connectivity index (χ1) is 9.15. The predicted molar refractivity (Wildman–Crippen MR) is 79.7 cm³/mol. The first kappa shape index (κ1) is 13.8. The van der Waals surface area contributed by atoms with E-state index in [0.29, 0.717) is 16.6 Å². The molecule has 0 aliphatic rings. The number of halogens is 1. The molecule has 6 heteroatoms. The summed E-state index contributed by atoms with van der Waals surface area (Å²) in [7, 11) is 0. The van der Waals surface area contributed by atoms with Crippen LogP contribution >= 0.6 is 23.8 Å². The number of nitrogens with two attached hydrogens (primary N) is 1. The lowest BCUT2D eigenvalue weighted by Crippen LogP contribution is -2.09. The van der Waals surface area contributed by atoms with Crippen molar-refractivity contribution < 1.29 is 4.74 Å². The maximum absolute atomic E-state index is 5.78. The molecule has 0 saturated carbocycles. The topological polar surface area (TPSA) is 53.1 Å². The largest absolute Gasteiger partial charge is 0.494 e. The Morgan fingerprint density at radius 2 is 2.32 bits per heavy atom. The van der Waals surface area contributed by atoms with Gasteiger partial charge in [-0.25, -0.2) is 0 Å². The van der Waals surface area contributed by atoms with Gasteiger partial charge in [-0.05, 0) is 12.1 Å². The van der Waals surface area contributed by atoms with E-state index >= 15 is 0 Å². The molecule has 1 aromatic heterocycles. The lowest BCUT2D eigenvalue weighted by Gasteiger charge is -2.07. The van der Waals surface area contributed by atoms with Crippen molar-refractivity contribution in [1.82, 2.24) is 9.78 Å². The molecule has 2 rings (SSSR count). The fourth-order valence-corrected chi connectivity index (χ4v) is 1.90. The predicted octanol–water partition coefficient (Wildman–Crippen LogP) is 2.64. The highest BCUT2D eigenvalue weighted by atomic mass is 35.5. The van der Waals surface area contributed by atoms with Crippen LogP contribution in [0, 0.1) is 0 Å². The summed E-state index contributed by atoms with van der Waals surface area (Å²) < 4.78 is 7.42. The van der Waals surface area contributed by atoms with E-state index in [1.807, 2.05) is 24.3 Å². The van der Waals surface area contributed by atoms with Gasteiger partial charge in [0, 0.05) is 24.7 Å². The van der Waals surface area contributed by atoms with Crippen LogP contribution in [0.3, 0.4) is 0 Å². The van der Waals surface area contributed by atoms with E-state index < -0.39 is 0 Å². The molecule has 4 nitrogen and oxygen atoms in total. The first-order valence-electron chi connectivity index (χ1n) is 5.86. The highest BCUT2D eigenvalue weighted by Crippen LogP contribution is 2.13. The summed E-state index contributed by atoms with van der Waals surface area (Å²) >= 11 is 10.7. The number of nitrogens with zero attached hydrogens (tertiary/aromatic N) is 2. The van der Waals surface area contributed by atoms with Crippen molar-refractivity contribution in [3.63, 3.8) is 0 Å². The van der Waals surface area contributed by atoms with Gasteiger partial charge in [-0.3, -0.25) is 4.68 Å². The Bertz CT molecular complexity index is 571. The molecule has 2 N–H and O–H groups in total. The number of hydrogen-bond donors (Lipinski definition) is 1. The summed E-state index contributed by atoms with van der Waals surface area (Å²) in [5.41, 5.74) is 6.38. The molecular weight excluding hydrogens is 282 g/mol. The quantitative estimate of drug-likeness (QED) is 0.657. The minimum atomic E-state index is 0.372. The van der Waals surface area contributed by atoms with Crippen molar-refractivity contribution in [2.24, 2.45) is 5.73 Å². The van der Waals surface area contributed by atoms with E-state index in [4.69, 9.17) is 34.3 Å². The molecule has 0 amide bonds. The van der Waals surface area contributed by atoms with Crippen LogP contribution in [-0.4, -0.2) is 21.4 Å². The van der Waals surface area contributed by atoms with Crippen molar-refractivity contribution >= 4 is 28.8 Å². The van der Waals surface area contributed by atoms with Gasteiger partial charge in [-0.15, -0.1) is 0 Å². The normalized spacial score (nSPS) is 10.4. The van der Waals surface area contributed by atoms with Crippen LogP contribution in [0.15, 0.2) is 36.7 Å². The summed E-state index contributed by atoms with van der Waals surface area (Å²) in [6, 6.07) is 7.46. The van der Waals surface area contributed by atoms with Crippen molar-refractivity contribution in [1.29, 1.82) is 0 Å². The SMILES string of the molecule is NC(=S)c1cccc(OCCCn2cc(Cl)cn2)c1. The Balaban J connectivity index is 1.79. The molecule has 0 aliphatic heterocycles. The maximum Gasteiger partial charge on any atom is 0.119 e. The third kappa shape index (κ3) is 4.22. The van der Waals surface area contributed by atoms with Crippen molar-refractivity contribution in [3.8, 4) is 5.75 Å². The summed E-state index contributed by atoms with van der Waals surface area (Å²) in [4.78, 5) is 0.372. The molecule has 0 unspecified atom stereocenters. The molecule has 0 fully saturated rings. The first-order valence-corrected chi connectivity index (χ1v) is 6.64. The van der Waals surface area contributed by atoms with Gasteiger partial charge in [0.15, 0.2) is 0 Å². The highest BCUT2D eigenvalue weighted by Gasteiger charge is 2.00. The average molecular weight is 296 g/mol. The van der Waals surface area contributed by atoms with Gasteiger partial charge < -0.3 is 10.5 Å². The van der Waals surface area contributed by atoms with E-state index in [0.717, 1.165) is 24.3 Å². The van der Waals surface area contributed by atoms with E-state index in [-0.39, 0.29) is 0 Å². The minimum absolute atomic E-state index is 0.372. The smallest absolute Gasteiger partial charge is 0.119 e. The van der Waals surface area contributed by atoms with Crippen LogP contribution in [0.4, 0.5) is 0 Å². The molecule has 0 radical (unpaired) electrons. The third-order valence-electron chi connectivity index (χ3n) is 2.52. The summed E-state index contributed by atoms with van der Waals surface area (Å²) in [6.07, 6.45) is 4.25. The fourth-order valence-electron chi connectivity index (χ4n) is 1.62. The van der Waals surface area contributed by atoms with Crippen LogP contribution in [0.2, 0.25) is 5.02 Å². The maximum atomic E-state index is 5.78. The Hall–Kier alpha value is -1.59. The average Bonchev–Trinajstić information content (AvgIpc) is 2.81. The molecule has 2 aromatic rings. The monoisotopic (exact) mass is 295 g/mol. The van der Waals surface area contributed by atoms with Crippen LogP contribution in [-0.2, 0) is 6.54 Å². The van der Waals surface area contributed by atoms with E-state index in [9.17, 15) is 0 Å². The second-order valence-corrected chi connectivity index (χ2v) is 4.89. The Kier molecular flexibility index (Phi) is 4.76. The zero-order chi connectivity index (χ0) is 13.7. The summed E-state index contributed by atoms with van der Waals surface area (Å²) in [5, 5.41) is 4.74. The molecular formula is C13H14ClN3OS. The van der Waals surface area contributed by atoms with E-state index in [1.165, 1.54) is 0 Å². The molecule has 0 aliphatic carbocycles. The number of hydrogen-bond acceptors (Lipinski definition) is 3. The van der Waals surface area contributed by atoms with Crippen molar-refractivity contribution in [2.45, 2.75) is 13.0 Å². The molecule has 0 spiro atoms. The molecule has 100 valence electrons. The van der Waals surface area contributed by atoms with Gasteiger partial charge in [0.2, 0.25) is 0 Å². The lowest BCUT2D eigenvalue weighted by molar-refractivity contribution is 0.298. The number of aromatic nitrogens is 2. The zero-order valence-electron chi connectivity index (χ0n) is 10.3. The standard InChI is InChI=1S/C13H14ClN3OS/c14-11-8-16-17(9-11)5-2-6-18-12-4-1-3-10(7-12)13(15)19/h1,3-4,7-9H,2,5-6H2,(H2,15,19). The summed E-state index contributed by atoms with van der Waals surface area (Å²) in [5.74, 6) is 0.767. The number of ether oxygens (including phenoxy) is 1. The number of benzene rings is 1. The van der Waals surface area contributed by atoms with Crippen LogP contribution in [0.5, 0.6) is 5.75 Å². The number of rotatable bonds is 6. The van der Waals surface area contributed by atoms with Crippen LogP contribution < -0.4 is 10.5 Å². The van der Waals surface area contributed by atoms with Crippen LogP contribution in [0.25, 0.3) is 0 Å². The lowest BCUT2D eigenvalue weighted by atomic mass is 10.2. The summed E-state index contributed by atoms with van der Waals surface area (Å²) in [6.45, 7) is 1.36. The van der Waals surface area contributed by atoms with Crippen LogP contribution in [0.1, 0.15) is 12.0 Å². The fraction of sp³-hybridized carbons (Fsp3) is 0.231. The van der Waals surface area contributed by atoms with Gasteiger partial charge in [0.1, 0.15) is 10.7 Å². The number of thiocarbonyl (C=S) groups is 1. The third-order valence-corrected chi connectivity index (χ3v) is 2.95. The minimum Gasteiger partial charge on any atom is -0.494 e. The van der Waals surface area contributed by atoms with Gasteiger partial charge in [-0.2, -0.15) is 5.10 Å². The molecule has 0 saturated heterocycles. The second kappa shape index (κ2) is 6.54. The molecule has 1 aromatic carbocycles. The highest BCUT2D eigenvalue weighted by molar-refractivity contribution is 7.80. The van der Waals surface area contributed by atoms with Gasteiger partial charge in [0.05, 0.1) is 17.8 Å². The van der Waals surface area contributed by atoms with E-state index in [1.54, 1.807) is 17.1 Å². The zero-order valence-corrected chi connectivity index (χ0v) is 11.8. The van der Waals surface area contributed by atoms with E-state index in [2.05, 4.69) is 5.10 Å². The van der Waals surface area contributed by atoms with Gasteiger partial charge in [-0.1, -0.05) is 36.0 Å². The Morgan fingerprint density at radius 3 is 3.00 bits per heavy atom. The van der Waals surface area contributed by atoms with Crippen molar-refractivity contribution in [2.75, 3.05) is 6.61 Å². The molecule has 0 bridgehead atoms. The Morgan fingerprint density at radius 1 is 1.47 bits per heavy atom.